The summed E-state index contributed by atoms with van der Waals surface area (Å²) in [5.74, 6) is 1.69. The number of ether oxygens (including phenoxy) is 1. The van der Waals surface area contributed by atoms with Crippen molar-refractivity contribution in [2.24, 2.45) is 17.3 Å². The number of nitrogens with one attached hydrogen (secondary N) is 1. The predicted octanol–water partition coefficient (Wildman–Crippen LogP) is 2.37. The molecule has 0 amide bonds. The molecule has 1 aliphatic heterocycles. The molecule has 19 heavy (non-hydrogen) atoms. The zero-order valence-electron chi connectivity index (χ0n) is 13.1. The predicted molar refractivity (Wildman–Crippen MR) is 80.4 cm³/mol. The van der Waals surface area contributed by atoms with Crippen molar-refractivity contribution in [3.63, 3.8) is 0 Å². The smallest absolute Gasteiger partial charge is 0.0547 e. The fraction of sp³-hybridized carbons (Fsp3) is 1.00. The minimum absolute atomic E-state index is 0.355. The first-order valence-corrected chi connectivity index (χ1v) is 8.07. The summed E-state index contributed by atoms with van der Waals surface area (Å²) in [7, 11) is 2.29. The highest BCUT2D eigenvalue weighted by molar-refractivity contribution is 4.89. The molecule has 0 spiro atoms. The van der Waals surface area contributed by atoms with Gasteiger partial charge in [-0.15, -0.1) is 0 Å². The summed E-state index contributed by atoms with van der Waals surface area (Å²) in [6.07, 6.45) is 5.55. The van der Waals surface area contributed by atoms with Gasteiger partial charge in [0.15, 0.2) is 0 Å². The van der Waals surface area contributed by atoms with Gasteiger partial charge < -0.3 is 15.0 Å². The van der Waals surface area contributed by atoms with E-state index in [0.717, 1.165) is 38.1 Å². The molecule has 2 aliphatic rings. The molecule has 3 nitrogen and oxygen atoms in total. The lowest BCUT2D eigenvalue weighted by Crippen LogP contribution is -2.45. The Morgan fingerprint density at radius 1 is 1.37 bits per heavy atom. The molecule has 3 heteroatoms. The lowest BCUT2D eigenvalue weighted by atomic mass is 9.83. The molecule has 1 N–H and O–H groups in total. The number of rotatable bonds is 8. The average molecular weight is 268 g/mol. The minimum atomic E-state index is 0.355. The molecule has 0 aromatic heterocycles. The molecule has 0 aromatic rings. The Morgan fingerprint density at radius 3 is 2.68 bits per heavy atom. The summed E-state index contributed by atoms with van der Waals surface area (Å²) in [6, 6.07) is 0. The van der Waals surface area contributed by atoms with Crippen LogP contribution in [0.5, 0.6) is 0 Å². The molecule has 0 aromatic carbocycles. The van der Waals surface area contributed by atoms with E-state index in [-0.39, 0.29) is 0 Å². The first-order valence-electron chi connectivity index (χ1n) is 8.07. The van der Waals surface area contributed by atoms with Gasteiger partial charge in [-0.25, -0.2) is 0 Å². The Morgan fingerprint density at radius 2 is 2.16 bits per heavy atom. The van der Waals surface area contributed by atoms with Gasteiger partial charge >= 0.3 is 0 Å². The Labute approximate surface area is 119 Å². The molecule has 0 bridgehead atoms. The molecule has 1 saturated carbocycles. The van der Waals surface area contributed by atoms with Gasteiger partial charge in [0.25, 0.3) is 0 Å². The molecule has 1 saturated heterocycles. The van der Waals surface area contributed by atoms with E-state index in [4.69, 9.17) is 4.74 Å². The van der Waals surface area contributed by atoms with Crippen LogP contribution in [-0.2, 0) is 4.74 Å². The van der Waals surface area contributed by atoms with Gasteiger partial charge in [-0.3, -0.25) is 0 Å². The highest BCUT2D eigenvalue weighted by atomic mass is 16.5. The minimum Gasteiger partial charge on any atom is -0.381 e. The average Bonchev–Trinajstić information content (AvgIpc) is 2.72. The van der Waals surface area contributed by atoms with Crippen molar-refractivity contribution < 1.29 is 4.74 Å². The van der Waals surface area contributed by atoms with Crippen LogP contribution in [0.1, 0.15) is 39.5 Å². The second-order valence-corrected chi connectivity index (χ2v) is 7.32. The maximum Gasteiger partial charge on any atom is 0.0547 e. The topological polar surface area (TPSA) is 24.5 Å². The second kappa shape index (κ2) is 7.05. The SMILES string of the molecule is CC(C)CNCC1(CN(C)CC2CCC2)CCOC1. The maximum absolute atomic E-state index is 5.70. The van der Waals surface area contributed by atoms with Crippen molar-refractivity contribution in [2.75, 3.05) is 46.4 Å². The molecule has 2 rings (SSSR count). The van der Waals surface area contributed by atoms with Gasteiger partial charge in [0, 0.05) is 31.7 Å². The molecule has 1 aliphatic carbocycles. The zero-order chi connectivity index (χ0) is 13.7. The Hall–Kier alpha value is -0.120. The molecule has 1 heterocycles. The summed E-state index contributed by atoms with van der Waals surface area (Å²) in [5, 5.41) is 3.65. The normalized spacial score (nSPS) is 28.3. The van der Waals surface area contributed by atoms with E-state index in [1.54, 1.807) is 0 Å². The maximum atomic E-state index is 5.70. The highest BCUT2D eigenvalue weighted by Gasteiger charge is 2.36. The molecule has 1 atom stereocenters. The number of nitrogens with zero attached hydrogens (tertiary/aromatic N) is 1. The number of hydrogen-bond acceptors (Lipinski definition) is 3. The van der Waals surface area contributed by atoms with Crippen molar-refractivity contribution in [1.29, 1.82) is 0 Å². The first kappa shape index (κ1) is 15.3. The van der Waals surface area contributed by atoms with E-state index in [0.29, 0.717) is 5.41 Å². The van der Waals surface area contributed by atoms with Crippen molar-refractivity contribution in [2.45, 2.75) is 39.5 Å². The van der Waals surface area contributed by atoms with Crippen LogP contribution < -0.4 is 5.32 Å². The molecule has 2 fully saturated rings. The Bertz CT molecular complexity index is 257. The van der Waals surface area contributed by atoms with Crippen LogP contribution in [0.25, 0.3) is 0 Å². The van der Waals surface area contributed by atoms with E-state index in [9.17, 15) is 0 Å². The van der Waals surface area contributed by atoms with Crippen LogP contribution in [0, 0.1) is 17.3 Å². The lowest BCUT2D eigenvalue weighted by molar-refractivity contribution is 0.102. The Balaban J connectivity index is 1.76. The van der Waals surface area contributed by atoms with E-state index in [1.807, 2.05) is 0 Å². The fourth-order valence-electron chi connectivity index (χ4n) is 3.35. The van der Waals surface area contributed by atoms with Crippen molar-refractivity contribution in [1.82, 2.24) is 10.2 Å². The summed E-state index contributed by atoms with van der Waals surface area (Å²) in [4.78, 5) is 2.55. The van der Waals surface area contributed by atoms with Gasteiger partial charge in [0.1, 0.15) is 0 Å². The lowest BCUT2D eigenvalue weighted by Gasteiger charge is -2.36. The molecule has 112 valence electrons. The molecular weight excluding hydrogens is 236 g/mol. The van der Waals surface area contributed by atoms with Crippen molar-refractivity contribution >= 4 is 0 Å². The largest absolute Gasteiger partial charge is 0.381 e. The zero-order valence-corrected chi connectivity index (χ0v) is 13.1. The van der Waals surface area contributed by atoms with Gasteiger partial charge in [0.2, 0.25) is 0 Å². The van der Waals surface area contributed by atoms with Gasteiger partial charge in [0.05, 0.1) is 6.61 Å². The highest BCUT2D eigenvalue weighted by Crippen LogP contribution is 2.31. The van der Waals surface area contributed by atoms with Crippen molar-refractivity contribution in [3.8, 4) is 0 Å². The third kappa shape index (κ3) is 4.73. The van der Waals surface area contributed by atoms with E-state index < -0.39 is 0 Å². The fourth-order valence-corrected chi connectivity index (χ4v) is 3.35. The van der Waals surface area contributed by atoms with Gasteiger partial charge in [-0.2, -0.15) is 0 Å². The standard InChI is InChI=1S/C16H32N2O/c1-14(2)9-17-11-16(7-8-19-13-16)12-18(3)10-15-5-4-6-15/h14-15,17H,4-13H2,1-3H3. The third-order valence-corrected chi connectivity index (χ3v) is 4.64. The van der Waals surface area contributed by atoms with Crippen LogP contribution >= 0.6 is 0 Å². The third-order valence-electron chi connectivity index (χ3n) is 4.64. The van der Waals surface area contributed by atoms with Crippen LogP contribution in [0.15, 0.2) is 0 Å². The summed E-state index contributed by atoms with van der Waals surface area (Å²) < 4.78 is 5.70. The van der Waals surface area contributed by atoms with Crippen LogP contribution in [0.4, 0.5) is 0 Å². The van der Waals surface area contributed by atoms with Gasteiger partial charge in [-0.05, 0) is 44.7 Å². The Kier molecular flexibility index (Phi) is 5.67. The van der Waals surface area contributed by atoms with Crippen LogP contribution in [0.2, 0.25) is 0 Å². The van der Waals surface area contributed by atoms with Gasteiger partial charge in [-0.1, -0.05) is 20.3 Å². The number of hydrogen-bond donors (Lipinski definition) is 1. The summed E-state index contributed by atoms with van der Waals surface area (Å²) in [6.45, 7) is 11.1. The molecule has 0 radical (unpaired) electrons. The van der Waals surface area contributed by atoms with E-state index >= 15 is 0 Å². The molecular formula is C16H32N2O. The van der Waals surface area contributed by atoms with Crippen LogP contribution in [-0.4, -0.2) is 51.3 Å². The molecule has 1 unspecified atom stereocenters. The quantitative estimate of drug-likeness (QED) is 0.731. The monoisotopic (exact) mass is 268 g/mol. The second-order valence-electron chi connectivity index (χ2n) is 7.32. The summed E-state index contributed by atoms with van der Waals surface area (Å²) in [5.41, 5.74) is 0.355. The van der Waals surface area contributed by atoms with E-state index in [1.165, 1.54) is 38.8 Å². The van der Waals surface area contributed by atoms with Crippen LogP contribution in [0.3, 0.4) is 0 Å². The summed E-state index contributed by atoms with van der Waals surface area (Å²) >= 11 is 0. The first-order chi connectivity index (χ1) is 9.10. The van der Waals surface area contributed by atoms with Crippen molar-refractivity contribution in [3.05, 3.63) is 0 Å². The van der Waals surface area contributed by atoms with E-state index in [2.05, 4.69) is 31.1 Å².